The van der Waals surface area contributed by atoms with Gasteiger partial charge >= 0.3 is 0 Å². The van der Waals surface area contributed by atoms with Crippen LogP contribution in [-0.2, 0) is 5.41 Å². The number of aromatic nitrogens is 1. The van der Waals surface area contributed by atoms with Gasteiger partial charge in [0.15, 0.2) is 0 Å². The summed E-state index contributed by atoms with van der Waals surface area (Å²) in [6.45, 7) is 0. The standard InChI is InChI=1S/C52H42N2O/c1-2-8-37(9-3-1)38-14-18-40(19-15-38)53(41-20-16-39(17-21-41)52-31-34-26-35(32-52)28-36(27-34)33-52)43-22-24-46-47-29-42(23-25-50(47)55-51(46)30-43)54-48-12-6-4-10-44(48)45-11-5-7-13-49(45)54/h1-25,29-30,34-36H,26-28,31-33H2. The molecule has 13 rings (SSSR count). The fourth-order valence-electron chi connectivity index (χ4n) is 11.5. The van der Waals surface area contributed by atoms with Crippen molar-refractivity contribution in [3.63, 3.8) is 0 Å². The first kappa shape index (κ1) is 31.3. The first-order chi connectivity index (χ1) is 27.2. The number of anilines is 3. The third-order valence-corrected chi connectivity index (χ3v) is 13.5. The Bertz CT molecular complexity index is 2810. The predicted octanol–water partition coefficient (Wildman–Crippen LogP) is 14.3. The van der Waals surface area contributed by atoms with Crippen molar-refractivity contribution in [1.29, 1.82) is 0 Å². The van der Waals surface area contributed by atoms with Crippen molar-refractivity contribution in [1.82, 2.24) is 4.57 Å². The third-order valence-electron chi connectivity index (χ3n) is 13.5. The van der Waals surface area contributed by atoms with Crippen LogP contribution in [0.2, 0.25) is 0 Å². The molecule has 2 heterocycles. The molecule has 9 aromatic rings. The number of fused-ring (bicyclic) bond motifs is 6. The van der Waals surface area contributed by atoms with Gasteiger partial charge in [-0.15, -0.1) is 0 Å². The lowest BCUT2D eigenvalue weighted by Crippen LogP contribution is -2.48. The maximum atomic E-state index is 6.66. The summed E-state index contributed by atoms with van der Waals surface area (Å²) in [5.74, 6) is 2.79. The molecule has 4 saturated carbocycles. The van der Waals surface area contributed by atoms with Crippen LogP contribution in [-0.4, -0.2) is 4.57 Å². The zero-order chi connectivity index (χ0) is 36.1. The van der Waals surface area contributed by atoms with Crippen molar-refractivity contribution >= 4 is 60.8 Å². The molecule has 3 heteroatoms. The molecule has 0 radical (unpaired) electrons. The molecular weight excluding hydrogens is 669 g/mol. The van der Waals surface area contributed by atoms with E-state index in [4.69, 9.17) is 4.42 Å². The number of benzene rings is 7. The molecule has 266 valence electrons. The molecule has 3 nitrogen and oxygen atoms in total. The molecule has 0 aliphatic heterocycles. The molecule has 55 heavy (non-hydrogen) atoms. The van der Waals surface area contributed by atoms with Crippen LogP contribution in [0.5, 0.6) is 0 Å². The van der Waals surface area contributed by atoms with Crippen molar-refractivity contribution in [2.24, 2.45) is 17.8 Å². The van der Waals surface area contributed by atoms with Crippen LogP contribution < -0.4 is 4.90 Å². The van der Waals surface area contributed by atoms with Gasteiger partial charge in [0.2, 0.25) is 0 Å². The summed E-state index contributed by atoms with van der Waals surface area (Å²) in [5.41, 5.74) is 13.1. The summed E-state index contributed by atoms with van der Waals surface area (Å²) in [6, 6.07) is 60.1. The fourth-order valence-corrected chi connectivity index (χ4v) is 11.5. The Kier molecular flexibility index (Phi) is 6.81. The van der Waals surface area contributed by atoms with Gasteiger partial charge in [-0.2, -0.15) is 0 Å². The monoisotopic (exact) mass is 710 g/mol. The van der Waals surface area contributed by atoms with Crippen molar-refractivity contribution in [2.75, 3.05) is 4.90 Å². The number of nitrogens with zero attached hydrogens (tertiary/aromatic N) is 2. The van der Waals surface area contributed by atoms with E-state index in [-0.39, 0.29) is 0 Å². The molecule has 0 saturated heterocycles. The average molecular weight is 711 g/mol. The highest BCUT2D eigenvalue weighted by molar-refractivity contribution is 6.11. The van der Waals surface area contributed by atoms with Crippen LogP contribution in [0.3, 0.4) is 0 Å². The second-order valence-electron chi connectivity index (χ2n) is 16.8. The minimum absolute atomic E-state index is 0.376. The number of hydrogen-bond acceptors (Lipinski definition) is 2. The number of furan rings is 1. The Hall–Kier alpha value is -6.06. The second-order valence-corrected chi connectivity index (χ2v) is 16.8. The molecule has 0 atom stereocenters. The summed E-state index contributed by atoms with van der Waals surface area (Å²) < 4.78 is 9.04. The van der Waals surface area contributed by atoms with E-state index in [0.29, 0.717) is 5.41 Å². The van der Waals surface area contributed by atoms with Gasteiger partial charge in [0, 0.05) is 50.4 Å². The van der Waals surface area contributed by atoms with Crippen LogP contribution in [0.1, 0.15) is 44.1 Å². The van der Waals surface area contributed by atoms with E-state index in [1.165, 1.54) is 77.1 Å². The van der Waals surface area contributed by atoms with E-state index in [2.05, 4.69) is 173 Å². The van der Waals surface area contributed by atoms with Gasteiger partial charge in [0.1, 0.15) is 11.2 Å². The SMILES string of the molecule is c1ccc(-c2ccc(N(c3ccc(C45CC6CC(CC(C6)C4)C5)cc3)c3ccc4c(c3)oc3ccc(-n5c6ccccc6c6ccccc65)cc34)cc2)cc1. The van der Waals surface area contributed by atoms with Crippen LogP contribution in [0.25, 0.3) is 60.6 Å². The second kappa shape index (κ2) is 12.0. The molecule has 4 aliphatic carbocycles. The Morgan fingerprint density at radius 2 is 1.02 bits per heavy atom. The van der Waals surface area contributed by atoms with E-state index < -0.39 is 0 Å². The van der Waals surface area contributed by atoms with E-state index in [9.17, 15) is 0 Å². The molecule has 2 aromatic heterocycles. The molecular formula is C52H42N2O. The molecule has 4 fully saturated rings. The number of hydrogen-bond donors (Lipinski definition) is 0. The normalized spacial score (nSPS) is 21.6. The maximum Gasteiger partial charge on any atom is 0.137 e. The highest BCUT2D eigenvalue weighted by atomic mass is 16.3. The number of para-hydroxylation sites is 2. The van der Waals surface area contributed by atoms with E-state index in [1.54, 1.807) is 5.56 Å². The largest absolute Gasteiger partial charge is 0.456 e. The first-order valence-corrected chi connectivity index (χ1v) is 20.2. The number of rotatable bonds is 6. The van der Waals surface area contributed by atoms with E-state index in [0.717, 1.165) is 56.8 Å². The topological polar surface area (TPSA) is 21.3 Å². The Labute approximate surface area is 321 Å². The Morgan fingerprint density at radius 3 is 1.67 bits per heavy atom. The third kappa shape index (κ3) is 4.95. The highest BCUT2D eigenvalue weighted by Gasteiger charge is 2.51. The highest BCUT2D eigenvalue weighted by Crippen LogP contribution is 2.61. The fraction of sp³-hybridized carbons (Fsp3) is 0.192. The molecule has 0 N–H and O–H groups in total. The maximum absolute atomic E-state index is 6.66. The van der Waals surface area contributed by atoms with Gasteiger partial charge in [0.05, 0.1) is 11.0 Å². The summed E-state index contributed by atoms with van der Waals surface area (Å²) in [5, 5.41) is 4.78. The average Bonchev–Trinajstić information content (AvgIpc) is 3.76. The molecule has 0 amide bonds. The van der Waals surface area contributed by atoms with Gasteiger partial charge < -0.3 is 13.9 Å². The molecule has 7 aromatic carbocycles. The van der Waals surface area contributed by atoms with Crippen molar-refractivity contribution in [3.8, 4) is 16.8 Å². The zero-order valence-corrected chi connectivity index (χ0v) is 30.9. The lowest BCUT2D eigenvalue weighted by Gasteiger charge is -2.57. The smallest absolute Gasteiger partial charge is 0.137 e. The zero-order valence-electron chi connectivity index (χ0n) is 30.9. The lowest BCUT2D eigenvalue weighted by atomic mass is 9.48. The molecule has 4 aliphatic rings. The Morgan fingerprint density at radius 1 is 0.455 bits per heavy atom. The molecule has 4 bridgehead atoms. The minimum Gasteiger partial charge on any atom is -0.456 e. The first-order valence-electron chi connectivity index (χ1n) is 20.2. The van der Waals surface area contributed by atoms with Gasteiger partial charge in [-0.25, -0.2) is 0 Å². The van der Waals surface area contributed by atoms with Crippen LogP contribution >= 0.6 is 0 Å². The van der Waals surface area contributed by atoms with Crippen molar-refractivity contribution in [2.45, 2.75) is 43.9 Å². The van der Waals surface area contributed by atoms with Crippen LogP contribution in [0.15, 0.2) is 168 Å². The van der Waals surface area contributed by atoms with Gasteiger partial charge in [0.25, 0.3) is 0 Å². The van der Waals surface area contributed by atoms with Crippen LogP contribution in [0, 0.1) is 17.8 Å². The van der Waals surface area contributed by atoms with E-state index >= 15 is 0 Å². The summed E-state index contributed by atoms with van der Waals surface area (Å²) >= 11 is 0. The van der Waals surface area contributed by atoms with Gasteiger partial charge in [-0.05, 0) is 145 Å². The lowest BCUT2D eigenvalue weighted by molar-refractivity contribution is -0.00518. The van der Waals surface area contributed by atoms with Crippen LogP contribution in [0.4, 0.5) is 17.1 Å². The Balaban J connectivity index is 0.961. The minimum atomic E-state index is 0.376. The predicted molar refractivity (Wildman–Crippen MR) is 228 cm³/mol. The summed E-state index contributed by atoms with van der Waals surface area (Å²) in [6.07, 6.45) is 8.54. The van der Waals surface area contributed by atoms with Gasteiger partial charge in [-0.1, -0.05) is 91.0 Å². The summed E-state index contributed by atoms with van der Waals surface area (Å²) in [4.78, 5) is 2.40. The summed E-state index contributed by atoms with van der Waals surface area (Å²) in [7, 11) is 0. The van der Waals surface area contributed by atoms with Gasteiger partial charge in [-0.3, -0.25) is 0 Å². The van der Waals surface area contributed by atoms with E-state index in [1.807, 2.05) is 0 Å². The van der Waals surface area contributed by atoms with Crippen molar-refractivity contribution < 1.29 is 4.42 Å². The quantitative estimate of drug-likeness (QED) is 0.171. The molecule has 0 unspecified atom stereocenters. The molecule has 0 spiro atoms. The van der Waals surface area contributed by atoms with Crippen molar-refractivity contribution in [3.05, 3.63) is 169 Å².